The number of methoxy groups -OCH3 is 1. The molecule has 176 valence electrons. The first-order valence-corrected chi connectivity index (χ1v) is 10.9. The van der Waals surface area contributed by atoms with Gasteiger partial charge in [-0.15, -0.1) is 0 Å². The third kappa shape index (κ3) is 7.75. The second-order valence-electron chi connectivity index (χ2n) is 7.48. The van der Waals surface area contributed by atoms with Crippen LogP contribution in [0, 0.1) is 0 Å². The van der Waals surface area contributed by atoms with Crippen molar-refractivity contribution in [1.82, 2.24) is 10.6 Å². The number of anilines is 2. The fraction of sp³-hybridized carbons (Fsp3) is 0.192. The van der Waals surface area contributed by atoms with Crippen molar-refractivity contribution in [3.05, 3.63) is 95.6 Å². The van der Waals surface area contributed by atoms with E-state index in [-0.39, 0.29) is 24.3 Å². The van der Waals surface area contributed by atoms with Crippen LogP contribution in [0.1, 0.15) is 26.3 Å². The summed E-state index contributed by atoms with van der Waals surface area (Å²) >= 11 is 0. The Morgan fingerprint density at radius 1 is 0.765 bits per heavy atom. The number of carbonyl (C=O) groups is 3. The molecule has 3 amide bonds. The molecule has 3 aromatic rings. The molecule has 0 atom stereocenters. The Kier molecular flexibility index (Phi) is 9.19. The molecule has 0 aliphatic rings. The average molecular weight is 461 g/mol. The third-order valence-electron chi connectivity index (χ3n) is 4.90. The number of benzene rings is 3. The molecule has 8 nitrogen and oxygen atoms in total. The lowest BCUT2D eigenvalue weighted by Crippen LogP contribution is -2.27. The first-order chi connectivity index (χ1) is 16.5. The van der Waals surface area contributed by atoms with Crippen molar-refractivity contribution in [2.24, 2.45) is 0 Å². The second kappa shape index (κ2) is 12.8. The van der Waals surface area contributed by atoms with Gasteiger partial charge in [0.2, 0.25) is 5.91 Å². The fourth-order valence-corrected chi connectivity index (χ4v) is 3.11. The van der Waals surface area contributed by atoms with Crippen LogP contribution in [0.5, 0.6) is 0 Å². The van der Waals surface area contributed by atoms with Gasteiger partial charge in [-0.25, -0.2) is 0 Å². The maximum atomic E-state index is 12.3. The van der Waals surface area contributed by atoms with Crippen molar-refractivity contribution < 1.29 is 19.1 Å². The van der Waals surface area contributed by atoms with E-state index < -0.39 is 0 Å². The molecule has 34 heavy (non-hydrogen) atoms. The number of rotatable bonds is 11. The number of amides is 3. The van der Waals surface area contributed by atoms with Gasteiger partial charge in [-0.3, -0.25) is 14.4 Å². The molecule has 0 unspecified atom stereocenters. The topological polar surface area (TPSA) is 109 Å². The monoisotopic (exact) mass is 460 g/mol. The molecular weight excluding hydrogens is 432 g/mol. The van der Waals surface area contributed by atoms with E-state index in [0.717, 1.165) is 5.56 Å². The number of nitrogens with one attached hydrogen (secondary N) is 4. The van der Waals surface area contributed by atoms with E-state index >= 15 is 0 Å². The van der Waals surface area contributed by atoms with Crippen LogP contribution in [0.3, 0.4) is 0 Å². The van der Waals surface area contributed by atoms with Crippen molar-refractivity contribution >= 4 is 29.1 Å². The Bertz CT molecular complexity index is 1100. The first-order valence-electron chi connectivity index (χ1n) is 10.9. The van der Waals surface area contributed by atoms with E-state index in [9.17, 15) is 14.4 Å². The highest BCUT2D eigenvalue weighted by Crippen LogP contribution is 2.12. The molecule has 0 bridgehead atoms. The molecule has 3 aromatic carbocycles. The van der Waals surface area contributed by atoms with Crippen LogP contribution in [0.4, 0.5) is 11.4 Å². The zero-order valence-electron chi connectivity index (χ0n) is 19.0. The molecule has 0 heterocycles. The molecule has 4 N–H and O–H groups in total. The lowest BCUT2D eigenvalue weighted by molar-refractivity contribution is -0.114. The Morgan fingerprint density at radius 2 is 1.50 bits per heavy atom. The summed E-state index contributed by atoms with van der Waals surface area (Å²) in [7, 11) is 1.56. The number of carbonyl (C=O) groups excluding carboxylic acids is 3. The molecule has 0 spiro atoms. The Morgan fingerprint density at radius 3 is 2.24 bits per heavy atom. The highest BCUT2D eigenvalue weighted by atomic mass is 16.5. The standard InChI is InChI=1S/C26H28N4O4/c1-34-15-14-27-26(33)21-8-5-9-23(16-21)30-24(31)18-28-22-12-10-20(11-13-22)25(32)29-17-19-6-3-2-4-7-19/h2-13,16,28H,14-15,17-18H2,1H3,(H,27,33)(H,29,32)(H,30,31). The lowest BCUT2D eigenvalue weighted by atomic mass is 10.1. The van der Waals surface area contributed by atoms with Crippen LogP contribution in [0.15, 0.2) is 78.9 Å². The third-order valence-corrected chi connectivity index (χ3v) is 4.90. The molecule has 0 fully saturated rings. The zero-order chi connectivity index (χ0) is 24.2. The largest absolute Gasteiger partial charge is 0.383 e. The minimum absolute atomic E-state index is 0.0316. The highest BCUT2D eigenvalue weighted by molar-refractivity contribution is 5.98. The highest BCUT2D eigenvalue weighted by Gasteiger charge is 2.09. The van der Waals surface area contributed by atoms with Crippen molar-refractivity contribution in [2.45, 2.75) is 6.54 Å². The van der Waals surface area contributed by atoms with Crippen LogP contribution in [-0.4, -0.2) is 44.5 Å². The quantitative estimate of drug-likeness (QED) is 0.329. The van der Waals surface area contributed by atoms with E-state index in [2.05, 4.69) is 21.3 Å². The molecule has 0 saturated heterocycles. The van der Waals surface area contributed by atoms with Gasteiger partial charge in [0, 0.05) is 42.7 Å². The minimum Gasteiger partial charge on any atom is -0.383 e. The van der Waals surface area contributed by atoms with Crippen LogP contribution < -0.4 is 21.3 Å². The predicted molar refractivity (Wildman–Crippen MR) is 132 cm³/mol. The second-order valence-corrected chi connectivity index (χ2v) is 7.48. The first kappa shape index (κ1) is 24.5. The van der Waals surface area contributed by atoms with Gasteiger partial charge >= 0.3 is 0 Å². The van der Waals surface area contributed by atoms with E-state index in [1.165, 1.54) is 0 Å². The smallest absolute Gasteiger partial charge is 0.251 e. The molecular formula is C26H28N4O4. The number of hydrogen-bond donors (Lipinski definition) is 4. The summed E-state index contributed by atoms with van der Waals surface area (Å²) in [6, 6.07) is 23.3. The van der Waals surface area contributed by atoms with Crippen molar-refractivity contribution in [2.75, 3.05) is 37.4 Å². The molecule has 0 saturated carbocycles. The normalized spacial score (nSPS) is 10.3. The average Bonchev–Trinajstić information content (AvgIpc) is 2.87. The SMILES string of the molecule is COCCNC(=O)c1cccc(NC(=O)CNc2ccc(C(=O)NCc3ccccc3)cc2)c1. The van der Waals surface area contributed by atoms with Crippen molar-refractivity contribution in [3.63, 3.8) is 0 Å². The van der Waals surface area contributed by atoms with Crippen LogP contribution in [0.25, 0.3) is 0 Å². The maximum absolute atomic E-state index is 12.3. The Labute approximate surface area is 198 Å². The van der Waals surface area contributed by atoms with Gasteiger partial charge in [0.1, 0.15) is 0 Å². The van der Waals surface area contributed by atoms with Crippen LogP contribution in [0.2, 0.25) is 0 Å². The fourth-order valence-electron chi connectivity index (χ4n) is 3.11. The Balaban J connectivity index is 1.45. The molecule has 0 aliphatic carbocycles. The van der Waals surface area contributed by atoms with Gasteiger partial charge in [-0.1, -0.05) is 36.4 Å². The number of hydrogen-bond acceptors (Lipinski definition) is 5. The van der Waals surface area contributed by atoms with Gasteiger partial charge in [0.25, 0.3) is 11.8 Å². The molecule has 0 radical (unpaired) electrons. The maximum Gasteiger partial charge on any atom is 0.251 e. The van der Waals surface area contributed by atoms with Gasteiger partial charge in [-0.2, -0.15) is 0 Å². The summed E-state index contributed by atoms with van der Waals surface area (Å²) < 4.78 is 4.92. The zero-order valence-corrected chi connectivity index (χ0v) is 19.0. The van der Waals surface area contributed by atoms with Crippen LogP contribution >= 0.6 is 0 Å². The molecule has 3 rings (SSSR count). The summed E-state index contributed by atoms with van der Waals surface area (Å²) in [5, 5.41) is 11.4. The minimum atomic E-state index is -0.262. The predicted octanol–water partition coefficient (Wildman–Crippen LogP) is 3.04. The summed E-state index contributed by atoms with van der Waals surface area (Å²) in [4.78, 5) is 36.8. The van der Waals surface area contributed by atoms with E-state index in [1.807, 2.05) is 30.3 Å². The molecule has 8 heteroatoms. The van der Waals surface area contributed by atoms with Gasteiger partial charge < -0.3 is 26.0 Å². The summed E-state index contributed by atoms with van der Waals surface area (Å²) in [5.41, 5.74) is 3.24. The van der Waals surface area contributed by atoms with Crippen LogP contribution in [-0.2, 0) is 16.1 Å². The van der Waals surface area contributed by atoms with Gasteiger partial charge in [-0.05, 0) is 48.0 Å². The summed E-state index contributed by atoms with van der Waals surface area (Å²) in [6.45, 7) is 1.32. The lowest BCUT2D eigenvalue weighted by Gasteiger charge is -2.10. The van der Waals surface area contributed by atoms with E-state index in [4.69, 9.17) is 4.74 Å². The van der Waals surface area contributed by atoms with Crippen molar-refractivity contribution in [3.8, 4) is 0 Å². The summed E-state index contributed by atoms with van der Waals surface area (Å²) in [5.74, 6) is -0.667. The van der Waals surface area contributed by atoms with E-state index in [1.54, 1.807) is 55.6 Å². The Hall–Kier alpha value is -4.17. The molecule has 0 aliphatic heterocycles. The number of ether oxygens (including phenoxy) is 1. The van der Waals surface area contributed by atoms with Gasteiger partial charge in [0.15, 0.2) is 0 Å². The van der Waals surface area contributed by atoms with Gasteiger partial charge in [0.05, 0.1) is 13.2 Å². The van der Waals surface area contributed by atoms with Crippen molar-refractivity contribution in [1.29, 1.82) is 0 Å². The summed E-state index contributed by atoms with van der Waals surface area (Å²) in [6.07, 6.45) is 0. The molecule has 0 aromatic heterocycles. The van der Waals surface area contributed by atoms with E-state index in [0.29, 0.717) is 42.2 Å².